The van der Waals surface area contributed by atoms with Crippen LogP contribution < -0.4 is 5.32 Å². The number of fused-ring (bicyclic) bond motifs is 3. The topological polar surface area (TPSA) is 77.6 Å². The van der Waals surface area contributed by atoms with Crippen LogP contribution in [0.2, 0.25) is 0 Å². The Morgan fingerprint density at radius 1 is 1.19 bits per heavy atom. The number of halogens is 2. The zero-order valence-corrected chi connectivity index (χ0v) is 16.8. The van der Waals surface area contributed by atoms with E-state index in [4.69, 9.17) is 0 Å². The first-order chi connectivity index (χ1) is 14.9. The normalized spacial score (nSPS) is 13.8. The number of benzene rings is 1. The van der Waals surface area contributed by atoms with Crippen molar-refractivity contribution in [1.29, 1.82) is 0 Å². The maximum atomic E-state index is 14.5. The number of rotatable bonds is 4. The van der Waals surface area contributed by atoms with Gasteiger partial charge in [-0.3, -0.25) is 9.36 Å². The number of nitrogens with one attached hydrogen (secondary N) is 1. The molecule has 0 atom stereocenters. The average Bonchev–Trinajstić information content (AvgIpc) is 3.46. The summed E-state index contributed by atoms with van der Waals surface area (Å²) >= 11 is 0. The fourth-order valence-electron chi connectivity index (χ4n) is 3.74. The van der Waals surface area contributed by atoms with Crippen LogP contribution in [0, 0.1) is 0 Å². The summed E-state index contributed by atoms with van der Waals surface area (Å²) in [6, 6.07) is 9.56. The van der Waals surface area contributed by atoms with Gasteiger partial charge in [-0.15, -0.1) is 0 Å². The number of hydrogen-bond donors (Lipinski definition) is 1. The number of anilines is 1. The van der Waals surface area contributed by atoms with Gasteiger partial charge >= 0.3 is 5.92 Å². The second-order valence-electron chi connectivity index (χ2n) is 7.57. The van der Waals surface area contributed by atoms with E-state index in [0.717, 1.165) is 6.20 Å². The molecule has 0 unspecified atom stereocenters. The van der Waals surface area contributed by atoms with Gasteiger partial charge in [0.15, 0.2) is 5.82 Å². The summed E-state index contributed by atoms with van der Waals surface area (Å²) in [6.07, 6.45) is 6.03. The van der Waals surface area contributed by atoms with Gasteiger partial charge < -0.3 is 9.88 Å². The predicted molar refractivity (Wildman–Crippen MR) is 110 cm³/mol. The molecule has 0 spiro atoms. The maximum Gasteiger partial charge on any atom is 0.316 e. The lowest BCUT2D eigenvalue weighted by molar-refractivity contribution is 0.0443. The summed E-state index contributed by atoms with van der Waals surface area (Å²) in [5.74, 6) is -2.56. The van der Waals surface area contributed by atoms with Gasteiger partial charge in [-0.25, -0.2) is 15.0 Å². The molecule has 4 heterocycles. The molecular weight excluding hydrogens is 402 g/mol. The highest BCUT2D eigenvalue weighted by molar-refractivity contribution is 6.04. The van der Waals surface area contributed by atoms with Crippen molar-refractivity contribution in [1.82, 2.24) is 24.1 Å². The van der Waals surface area contributed by atoms with Crippen molar-refractivity contribution in [2.45, 2.75) is 25.8 Å². The van der Waals surface area contributed by atoms with Gasteiger partial charge in [0.1, 0.15) is 17.2 Å². The highest BCUT2D eigenvalue weighted by atomic mass is 19.3. The number of pyridine rings is 1. The molecule has 9 heteroatoms. The summed E-state index contributed by atoms with van der Waals surface area (Å²) in [7, 11) is 0. The molecule has 1 N–H and O–H groups in total. The molecule has 156 valence electrons. The average molecular weight is 420 g/mol. The van der Waals surface area contributed by atoms with Crippen molar-refractivity contribution < 1.29 is 13.6 Å². The summed E-state index contributed by atoms with van der Waals surface area (Å²) in [5.41, 5.74) is 0.739. The number of aromatic nitrogens is 5. The number of imidazole rings is 2. The van der Waals surface area contributed by atoms with Crippen molar-refractivity contribution in [3.05, 3.63) is 78.1 Å². The summed E-state index contributed by atoms with van der Waals surface area (Å²) in [5, 5.41) is 2.74. The van der Waals surface area contributed by atoms with Crippen LogP contribution in [0.4, 0.5) is 14.6 Å². The molecule has 0 saturated heterocycles. The van der Waals surface area contributed by atoms with Gasteiger partial charge in [-0.05, 0) is 44.2 Å². The Bertz CT molecular complexity index is 1310. The Morgan fingerprint density at radius 2 is 2.03 bits per heavy atom. The molecule has 1 aliphatic heterocycles. The number of amides is 1. The summed E-state index contributed by atoms with van der Waals surface area (Å²) in [6.45, 7) is 4.08. The van der Waals surface area contributed by atoms with Crippen LogP contribution in [-0.2, 0) is 5.92 Å². The van der Waals surface area contributed by atoms with E-state index in [1.54, 1.807) is 18.3 Å². The molecule has 0 fully saturated rings. The minimum absolute atomic E-state index is 0.151. The van der Waals surface area contributed by atoms with E-state index < -0.39 is 11.8 Å². The standard InChI is InChI=1S/C22H18F2N6O/c1-13(2)29-9-8-26-20(29)16-4-3-5-19(27-16)28-21(31)14-6-7-15-17(10-14)30-12-25-11-18(30)22(15,23)24/h3-13H,1-2H3,(H,27,28,31). The van der Waals surface area contributed by atoms with Gasteiger partial charge in [0.2, 0.25) is 0 Å². The lowest BCUT2D eigenvalue weighted by Gasteiger charge is -2.12. The molecule has 5 rings (SSSR count). The van der Waals surface area contributed by atoms with Gasteiger partial charge in [0, 0.05) is 24.0 Å². The first-order valence-electron chi connectivity index (χ1n) is 9.73. The zero-order chi connectivity index (χ0) is 21.8. The molecule has 3 aromatic heterocycles. The molecule has 0 bridgehead atoms. The third-order valence-corrected chi connectivity index (χ3v) is 5.26. The monoisotopic (exact) mass is 420 g/mol. The lowest BCUT2D eigenvalue weighted by atomic mass is 10.0. The maximum absolute atomic E-state index is 14.5. The van der Waals surface area contributed by atoms with E-state index in [1.807, 2.05) is 30.7 Å². The fourth-order valence-corrected chi connectivity index (χ4v) is 3.74. The minimum Gasteiger partial charge on any atom is -0.327 e. The molecule has 0 aliphatic carbocycles. The fraction of sp³-hybridized carbons (Fsp3) is 0.182. The van der Waals surface area contributed by atoms with Crippen LogP contribution in [0.1, 0.15) is 41.5 Å². The zero-order valence-electron chi connectivity index (χ0n) is 16.8. The quantitative estimate of drug-likeness (QED) is 0.530. The highest BCUT2D eigenvalue weighted by Gasteiger charge is 2.45. The molecule has 1 amide bonds. The van der Waals surface area contributed by atoms with Crippen molar-refractivity contribution in [3.8, 4) is 17.2 Å². The van der Waals surface area contributed by atoms with Crippen LogP contribution in [0.15, 0.2) is 61.3 Å². The Balaban J connectivity index is 1.44. The largest absolute Gasteiger partial charge is 0.327 e. The molecular formula is C22H18F2N6O. The van der Waals surface area contributed by atoms with E-state index in [2.05, 4.69) is 20.3 Å². The molecule has 0 saturated carbocycles. The Kier molecular flexibility index (Phi) is 4.21. The molecule has 1 aromatic carbocycles. The second-order valence-corrected chi connectivity index (χ2v) is 7.57. The molecule has 31 heavy (non-hydrogen) atoms. The number of nitrogens with zero attached hydrogens (tertiary/aromatic N) is 5. The summed E-state index contributed by atoms with van der Waals surface area (Å²) in [4.78, 5) is 25.5. The van der Waals surface area contributed by atoms with E-state index >= 15 is 0 Å². The Hall–Kier alpha value is -3.88. The molecule has 0 radical (unpaired) electrons. The van der Waals surface area contributed by atoms with Crippen LogP contribution in [0.5, 0.6) is 0 Å². The SMILES string of the molecule is CC(C)n1ccnc1-c1cccc(NC(=O)c2ccc3c(c2)-n2cncc2C3(F)F)n1. The highest BCUT2D eigenvalue weighted by Crippen LogP contribution is 2.45. The van der Waals surface area contributed by atoms with E-state index in [1.165, 1.54) is 29.1 Å². The number of hydrogen-bond acceptors (Lipinski definition) is 4. The van der Waals surface area contributed by atoms with Crippen LogP contribution in [0.3, 0.4) is 0 Å². The van der Waals surface area contributed by atoms with Gasteiger partial charge in [-0.2, -0.15) is 8.78 Å². The first-order valence-corrected chi connectivity index (χ1v) is 9.73. The van der Waals surface area contributed by atoms with Gasteiger partial charge in [0.05, 0.1) is 23.8 Å². The van der Waals surface area contributed by atoms with E-state index in [0.29, 0.717) is 17.3 Å². The smallest absolute Gasteiger partial charge is 0.316 e. The minimum atomic E-state index is -3.14. The van der Waals surface area contributed by atoms with Crippen LogP contribution in [0.25, 0.3) is 17.2 Å². The lowest BCUT2D eigenvalue weighted by Crippen LogP contribution is -2.15. The molecule has 1 aliphatic rings. The van der Waals surface area contributed by atoms with Crippen molar-refractivity contribution in [2.24, 2.45) is 0 Å². The van der Waals surface area contributed by atoms with Crippen molar-refractivity contribution in [2.75, 3.05) is 5.32 Å². The number of carbonyl (C=O) groups excluding carboxylic acids is 1. The van der Waals surface area contributed by atoms with Gasteiger partial charge in [0.25, 0.3) is 5.91 Å². The van der Waals surface area contributed by atoms with E-state index in [-0.39, 0.29) is 28.6 Å². The second kappa shape index (κ2) is 6.83. The van der Waals surface area contributed by atoms with Crippen molar-refractivity contribution >= 4 is 11.7 Å². The third-order valence-electron chi connectivity index (χ3n) is 5.26. The van der Waals surface area contributed by atoms with E-state index in [9.17, 15) is 13.6 Å². The van der Waals surface area contributed by atoms with Crippen molar-refractivity contribution in [3.63, 3.8) is 0 Å². The van der Waals surface area contributed by atoms with Crippen LogP contribution >= 0.6 is 0 Å². The number of alkyl halides is 2. The molecule has 7 nitrogen and oxygen atoms in total. The summed E-state index contributed by atoms with van der Waals surface area (Å²) < 4.78 is 32.3. The number of carbonyl (C=O) groups is 1. The third kappa shape index (κ3) is 3.00. The van der Waals surface area contributed by atoms with Crippen LogP contribution in [-0.4, -0.2) is 30.0 Å². The Labute approximate surface area is 176 Å². The Morgan fingerprint density at radius 3 is 2.84 bits per heavy atom. The predicted octanol–water partition coefficient (Wildman–Crippen LogP) is 4.42. The van der Waals surface area contributed by atoms with Gasteiger partial charge in [-0.1, -0.05) is 6.07 Å². The molecule has 4 aromatic rings. The first kappa shape index (κ1) is 19.1.